The maximum absolute atomic E-state index is 13.3. The molecule has 0 aliphatic carbocycles. The molecular weight excluding hydrogens is 359 g/mol. The number of halogens is 1. The minimum Gasteiger partial charge on any atom is -0.433 e. The number of allylic oxidation sites excluding steroid dienone is 2. The van der Waals surface area contributed by atoms with Gasteiger partial charge in [0.15, 0.2) is 0 Å². The Kier molecular flexibility index (Phi) is 4.94. The molecule has 0 saturated heterocycles. The van der Waals surface area contributed by atoms with E-state index in [-0.39, 0.29) is 18.3 Å². The molecule has 1 aromatic heterocycles. The Hall–Kier alpha value is -3.02. The van der Waals surface area contributed by atoms with Crippen molar-refractivity contribution in [1.29, 1.82) is 0 Å². The van der Waals surface area contributed by atoms with Gasteiger partial charge < -0.3 is 14.1 Å². The summed E-state index contributed by atoms with van der Waals surface area (Å²) in [5.74, 6) is -0.0192. The second-order valence-corrected chi connectivity index (χ2v) is 7.03. The van der Waals surface area contributed by atoms with E-state index >= 15 is 0 Å². The predicted molar refractivity (Wildman–Crippen MR) is 104 cm³/mol. The van der Waals surface area contributed by atoms with Crippen LogP contribution in [0.5, 0.6) is 0 Å². The zero-order valence-corrected chi connectivity index (χ0v) is 16.0. The van der Waals surface area contributed by atoms with Gasteiger partial charge in [-0.15, -0.1) is 0 Å². The molecule has 3 heterocycles. The van der Waals surface area contributed by atoms with E-state index in [9.17, 15) is 9.18 Å². The first-order chi connectivity index (χ1) is 13.6. The number of carbonyl (C=O) groups excluding carboxylic acids is 1. The first kappa shape index (κ1) is 18.3. The van der Waals surface area contributed by atoms with Gasteiger partial charge in [0.2, 0.25) is 0 Å². The number of hydroxylamine groups is 2. The van der Waals surface area contributed by atoms with Crippen LogP contribution >= 0.6 is 0 Å². The third-order valence-corrected chi connectivity index (χ3v) is 5.40. The van der Waals surface area contributed by atoms with Crippen molar-refractivity contribution in [1.82, 2.24) is 9.63 Å². The van der Waals surface area contributed by atoms with E-state index in [1.807, 2.05) is 24.3 Å². The fourth-order valence-electron chi connectivity index (χ4n) is 4.03. The molecule has 0 bridgehead atoms. The molecule has 28 heavy (non-hydrogen) atoms. The zero-order chi connectivity index (χ0) is 19.7. The lowest BCUT2D eigenvalue weighted by Gasteiger charge is -2.25. The summed E-state index contributed by atoms with van der Waals surface area (Å²) >= 11 is 0. The van der Waals surface area contributed by atoms with E-state index in [1.165, 1.54) is 28.5 Å². The highest BCUT2D eigenvalue weighted by atomic mass is 19.1. The van der Waals surface area contributed by atoms with Crippen molar-refractivity contribution >= 4 is 6.16 Å². The highest BCUT2D eigenvalue weighted by Crippen LogP contribution is 2.40. The van der Waals surface area contributed by atoms with Gasteiger partial charge in [0.25, 0.3) is 0 Å². The third kappa shape index (κ3) is 3.42. The molecule has 0 N–H and O–H groups in total. The average molecular weight is 382 g/mol. The summed E-state index contributed by atoms with van der Waals surface area (Å²) in [7, 11) is 0. The molecule has 146 valence electrons. The Bertz CT molecular complexity index is 916. The SMILES string of the molecule is CCOC(=O)ON1C=CC(C2CCc3c(C)c(-c4ccc(F)cc4)cn32)C=C1. The Morgan fingerprint density at radius 3 is 2.61 bits per heavy atom. The van der Waals surface area contributed by atoms with Crippen LogP contribution in [0.25, 0.3) is 11.1 Å². The Balaban J connectivity index is 1.51. The van der Waals surface area contributed by atoms with Gasteiger partial charge in [-0.1, -0.05) is 24.3 Å². The molecule has 0 fully saturated rings. The normalized spacial score (nSPS) is 18.4. The van der Waals surface area contributed by atoms with Crippen LogP contribution in [-0.4, -0.2) is 22.4 Å². The summed E-state index contributed by atoms with van der Waals surface area (Å²) in [6, 6.07) is 6.96. The minimum atomic E-state index is -0.719. The van der Waals surface area contributed by atoms with Crippen molar-refractivity contribution in [3.05, 3.63) is 72.1 Å². The van der Waals surface area contributed by atoms with Gasteiger partial charge in [-0.25, -0.2) is 9.18 Å². The van der Waals surface area contributed by atoms with Crippen LogP contribution in [0.1, 0.15) is 30.6 Å². The first-order valence-electron chi connectivity index (χ1n) is 9.52. The van der Waals surface area contributed by atoms with Gasteiger partial charge in [-0.2, -0.15) is 5.06 Å². The zero-order valence-electron chi connectivity index (χ0n) is 16.0. The van der Waals surface area contributed by atoms with Crippen LogP contribution in [-0.2, 0) is 16.0 Å². The second kappa shape index (κ2) is 7.54. The number of hydrogen-bond donors (Lipinski definition) is 0. The number of rotatable bonds is 4. The number of fused-ring (bicyclic) bond motifs is 1. The second-order valence-electron chi connectivity index (χ2n) is 7.03. The third-order valence-electron chi connectivity index (χ3n) is 5.40. The molecule has 1 atom stereocenters. The quantitative estimate of drug-likeness (QED) is 0.687. The molecule has 0 saturated carbocycles. The molecule has 0 spiro atoms. The van der Waals surface area contributed by atoms with Crippen LogP contribution in [0.3, 0.4) is 0 Å². The van der Waals surface area contributed by atoms with Gasteiger partial charge in [-0.05, 0) is 49.9 Å². The van der Waals surface area contributed by atoms with Crippen LogP contribution < -0.4 is 0 Å². The molecule has 1 aromatic carbocycles. The fraction of sp³-hybridized carbons (Fsp3) is 0.318. The molecule has 2 aliphatic heterocycles. The maximum atomic E-state index is 13.3. The van der Waals surface area contributed by atoms with E-state index in [0.717, 1.165) is 24.0 Å². The lowest BCUT2D eigenvalue weighted by molar-refractivity contribution is -0.0615. The van der Waals surface area contributed by atoms with Crippen LogP contribution in [0, 0.1) is 18.7 Å². The lowest BCUT2D eigenvalue weighted by atomic mass is 9.95. The predicted octanol–water partition coefficient (Wildman–Crippen LogP) is 5.14. The van der Waals surface area contributed by atoms with Crippen molar-refractivity contribution in [2.45, 2.75) is 32.7 Å². The lowest BCUT2D eigenvalue weighted by Crippen LogP contribution is -2.22. The van der Waals surface area contributed by atoms with E-state index in [4.69, 9.17) is 9.57 Å². The highest BCUT2D eigenvalue weighted by Gasteiger charge is 2.30. The molecule has 6 heteroatoms. The topological polar surface area (TPSA) is 43.7 Å². The van der Waals surface area contributed by atoms with Crippen molar-refractivity contribution < 1.29 is 18.8 Å². The van der Waals surface area contributed by atoms with E-state index in [0.29, 0.717) is 6.04 Å². The minimum absolute atomic E-state index is 0.205. The monoisotopic (exact) mass is 382 g/mol. The molecule has 1 unspecified atom stereocenters. The highest BCUT2D eigenvalue weighted by molar-refractivity contribution is 5.68. The molecule has 2 aromatic rings. The largest absolute Gasteiger partial charge is 0.533 e. The number of ether oxygens (including phenoxy) is 1. The van der Waals surface area contributed by atoms with E-state index in [2.05, 4.69) is 17.7 Å². The number of carbonyl (C=O) groups is 1. The number of hydrogen-bond acceptors (Lipinski definition) is 4. The summed E-state index contributed by atoms with van der Waals surface area (Å²) < 4.78 is 20.4. The van der Waals surface area contributed by atoms with Gasteiger partial charge in [0.05, 0.1) is 6.61 Å². The number of benzene rings is 1. The Labute approximate surface area is 163 Å². The Morgan fingerprint density at radius 1 is 1.21 bits per heavy atom. The summed E-state index contributed by atoms with van der Waals surface area (Å²) in [6.07, 6.45) is 11.1. The van der Waals surface area contributed by atoms with E-state index < -0.39 is 6.16 Å². The Morgan fingerprint density at radius 2 is 1.93 bits per heavy atom. The summed E-state index contributed by atoms with van der Waals surface area (Å²) in [4.78, 5) is 16.5. The molecule has 0 amide bonds. The molecular formula is C22H23FN2O3. The average Bonchev–Trinajstić information content (AvgIpc) is 3.24. The fourth-order valence-corrected chi connectivity index (χ4v) is 4.03. The van der Waals surface area contributed by atoms with Crippen molar-refractivity contribution in [2.24, 2.45) is 5.92 Å². The van der Waals surface area contributed by atoms with Gasteiger partial charge in [-0.3, -0.25) is 0 Å². The standard InChI is InChI=1S/C22H23FN2O3/c1-3-27-22(26)28-24-12-10-17(11-13-24)21-9-8-20-15(2)19(14-25(20)21)16-4-6-18(23)7-5-16/h4-7,10-14,17,21H,3,8-9H2,1-2H3. The molecule has 2 aliphatic rings. The van der Waals surface area contributed by atoms with Crippen LogP contribution in [0.2, 0.25) is 0 Å². The van der Waals surface area contributed by atoms with Crippen molar-refractivity contribution in [3.8, 4) is 11.1 Å². The van der Waals surface area contributed by atoms with Crippen LogP contribution in [0.4, 0.5) is 9.18 Å². The first-order valence-corrected chi connectivity index (χ1v) is 9.52. The molecule has 4 rings (SSSR count). The molecule has 0 radical (unpaired) electrons. The summed E-state index contributed by atoms with van der Waals surface area (Å²) in [5, 5.41) is 1.36. The van der Waals surface area contributed by atoms with Crippen molar-refractivity contribution in [2.75, 3.05) is 6.61 Å². The molecule has 5 nitrogen and oxygen atoms in total. The summed E-state index contributed by atoms with van der Waals surface area (Å²) in [6.45, 7) is 4.14. The van der Waals surface area contributed by atoms with E-state index in [1.54, 1.807) is 19.3 Å². The van der Waals surface area contributed by atoms with Gasteiger partial charge in [0, 0.05) is 41.8 Å². The number of aromatic nitrogens is 1. The maximum Gasteiger partial charge on any atom is 0.533 e. The van der Waals surface area contributed by atoms with Gasteiger partial charge >= 0.3 is 6.16 Å². The van der Waals surface area contributed by atoms with Gasteiger partial charge in [0.1, 0.15) is 5.82 Å². The van der Waals surface area contributed by atoms with Crippen LogP contribution in [0.15, 0.2) is 55.0 Å². The van der Waals surface area contributed by atoms with Crippen molar-refractivity contribution in [3.63, 3.8) is 0 Å². The smallest absolute Gasteiger partial charge is 0.433 e. The summed E-state index contributed by atoms with van der Waals surface area (Å²) in [5.41, 5.74) is 4.76. The number of nitrogens with zero attached hydrogens (tertiary/aromatic N) is 2.